The van der Waals surface area contributed by atoms with E-state index < -0.39 is 50.0 Å². The van der Waals surface area contributed by atoms with Gasteiger partial charge in [0.1, 0.15) is 34.9 Å². The van der Waals surface area contributed by atoms with Gasteiger partial charge in [0, 0.05) is 141 Å². The second-order valence-corrected chi connectivity index (χ2v) is 19.2. The van der Waals surface area contributed by atoms with Crippen molar-refractivity contribution in [3.05, 3.63) is 109 Å². The number of aryl methyl sites for hydroxylation is 12. The summed E-state index contributed by atoms with van der Waals surface area (Å²) in [5.41, 5.74) is 0. The summed E-state index contributed by atoms with van der Waals surface area (Å²) in [6, 6.07) is 0. The maximum Gasteiger partial charge on any atom is 0.743 e. The Morgan fingerprint density at radius 3 is 0.440 bits per heavy atom. The first kappa shape index (κ1) is 90.4. The van der Waals surface area contributed by atoms with E-state index >= 15 is 0 Å². The second-order valence-electron chi connectivity index (χ2n) is 16.5. The summed E-state index contributed by atoms with van der Waals surface area (Å²) in [6.45, 7) is 32.1. The summed E-state index contributed by atoms with van der Waals surface area (Å²) in [5.74, 6) is 6.71. The van der Waals surface area contributed by atoms with Crippen LogP contribution in [0.4, 0.5) is 25.2 Å². The molecule has 0 saturated carbocycles. The number of imidazole rings is 6. The molecule has 36 heteroatoms. The van der Waals surface area contributed by atoms with Crippen molar-refractivity contribution in [2.75, 3.05) is 0 Å². The average molecular weight is 1330 g/mol. The fourth-order valence-electron chi connectivity index (χ4n) is 5.81. The molecule has 6 N–H and O–H groups in total. The molecule has 6 unspecified atom stereocenters. The normalized spacial score (nSPS) is 10.4. The van der Waals surface area contributed by atoms with E-state index in [0.29, 0.717) is 0 Å². The van der Waals surface area contributed by atoms with Crippen LogP contribution in [0.1, 0.15) is 154 Å². The van der Waals surface area contributed by atoms with E-state index in [2.05, 4.69) is 98.8 Å². The van der Waals surface area contributed by atoms with Crippen molar-refractivity contribution in [2.45, 2.75) is 199 Å². The van der Waals surface area contributed by atoms with Crippen LogP contribution in [0.2, 0.25) is 0 Å². The predicted molar refractivity (Wildman–Crippen MR) is 317 cm³/mol. The molecule has 0 saturated heterocycles. The van der Waals surface area contributed by atoms with Gasteiger partial charge in [-0.25, -0.2) is 29.9 Å². The largest absolute Gasteiger partial charge is 0.743 e. The van der Waals surface area contributed by atoms with Crippen molar-refractivity contribution < 1.29 is 81.9 Å². The molecule has 0 spiro atoms. The van der Waals surface area contributed by atoms with Crippen LogP contribution in [0.25, 0.3) is 0 Å². The van der Waals surface area contributed by atoms with Crippen molar-refractivity contribution >= 4 is 50.0 Å². The summed E-state index contributed by atoms with van der Waals surface area (Å²) in [6.07, 6.45) is 38.3. The molecule has 0 aliphatic carbocycles. The summed E-state index contributed by atoms with van der Waals surface area (Å²) in [4.78, 5) is 66.2. The molecule has 0 aromatic carbocycles. The molecule has 0 aliphatic rings. The number of nitrogens with zero attached hydrogens (tertiary/aromatic N) is 12. The Morgan fingerprint density at radius 2 is 0.381 bits per heavy atom. The van der Waals surface area contributed by atoms with Gasteiger partial charge in [-0.1, -0.05) is 80.1 Å². The molecular formula is C48H90F6N12O12P6+6. The third kappa shape index (κ3) is 71.5. The van der Waals surface area contributed by atoms with Crippen molar-refractivity contribution in [1.29, 1.82) is 0 Å². The first-order valence-corrected chi connectivity index (χ1v) is 32.9. The molecule has 24 nitrogen and oxygen atoms in total. The van der Waals surface area contributed by atoms with Gasteiger partial charge in [-0.05, 0) is 80.1 Å². The molecule has 6 atom stereocenters. The Morgan fingerprint density at radius 1 is 0.286 bits per heavy atom. The van der Waals surface area contributed by atoms with Crippen LogP contribution in [-0.4, -0.2) is 86.7 Å². The van der Waals surface area contributed by atoms with Crippen LogP contribution in [-0.2, 0) is 66.7 Å². The molecule has 0 radical (unpaired) electrons. The van der Waals surface area contributed by atoms with Crippen LogP contribution >= 0.6 is 50.0 Å². The number of halogens is 6. The van der Waals surface area contributed by atoms with Gasteiger partial charge in [0.2, 0.25) is 0 Å². The molecule has 84 heavy (non-hydrogen) atoms. The minimum absolute atomic E-state index is 1.11. The van der Waals surface area contributed by atoms with Crippen molar-refractivity contribution in [1.82, 2.24) is 57.3 Å². The molecule has 6 heterocycles. The first-order chi connectivity index (χ1) is 39.4. The van der Waals surface area contributed by atoms with Gasteiger partial charge in [0.25, 0.3) is 0 Å². The number of hydrogen-bond donors (Lipinski definition) is 6. The Kier molecular flexibility index (Phi) is 69.1. The molecule has 6 aromatic heterocycles. The first-order valence-electron chi connectivity index (χ1n) is 26.2. The third-order valence-corrected chi connectivity index (χ3v) is 10.1. The van der Waals surface area contributed by atoms with Crippen molar-refractivity contribution in [3.8, 4) is 0 Å². The third-order valence-electron chi connectivity index (χ3n) is 10.1. The smallest absolute Gasteiger partial charge is 0.335 e. The van der Waals surface area contributed by atoms with Crippen molar-refractivity contribution in [2.24, 2.45) is 0 Å². The number of rotatable bonds is 18. The number of aromatic nitrogens is 12. The SMILES string of the molecule is CCCCn1ccnc1C.CCCCn1ccnc1C.CCCCn1ccnc1C.CCCCn1ccnc1C.CCCCn1ccnc1C.CCCCn1ccnc1C.O=[P+](O)F.O=[P+](O)F.O=[P+](O)F.O=[P+](O)F.O=[P+](O)F.O=[P+](O)F. The van der Waals surface area contributed by atoms with Gasteiger partial charge in [-0.3, -0.25) is 0 Å². The zero-order valence-electron chi connectivity index (χ0n) is 50.1. The lowest BCUT2D eigenvalue weighted by Crippen LogP contribution is -1.97. The van der Waals surface area contributed by atoms with Gasteiger partial charge in [-0.2, -0.15) is 0 Å². The van der Waals surface area contributed by atoms with E-state index in [1.807, 2.05) is 116 Å². The van der Waals surface area contributed by atoms with E-state index in [-0.39, 0.29) is 0 Å². The fraction of sp³-hybridized carbons (Fsp3) is 0.625. The monoisotopic (exact) mass is 1330 g/mol. The zero-order valence-corrected chi connectivity index (χ0v) is 55.5. The highest BCUT2D eigenvalue weighted by atomic mass is 31.2. The highest BCUT2D eigenvalue weighted by molar-refractivity contribution is 7.32. The van der Waals surface area contributed by atoms with E-state index in [9.17, 15) is 25.2 Å². The van der Waals surface area contributed by atoms with E-state index in [0.717, 1.165) is 74.2 Å². The van der Waals surface area contributed by atoms with Gasteiger partial charge < -0.3 is 27.4 Å². The molecule has 0 bridgehead atoms. The maximum atomic E-state index is 10.1. The summed E-state index contributed by atoms with van der Waals surface area (Å²) >= 11 is 0. The van der Waals surface area contributed by atoms with Crippen molar-refractivity contribution in [3.63, 3.8) is 0 Å². The number of unbranched alkanes of at least 4 members (excludes halogenated alkanes) is 6. The predicted octanol–water partition coefficient (Wildman–Crippen LogP) is 15.6. The highest BCUT2D eigenvalue weighted by Gasteiger charge is 2.03. The van der Waals surface area contributed by atoms with E-state index in [1.54, 1.807) is 0 Å². The summed E-state index contributed by atoms with van der Waals surface area (Å²) in [5, 5.41) is 0. The molecule has 480 valence electrons. The highest BCUT2D eigenvalue weighted by Crippen LogP contribution is 2.13. The Balaban J connectivity index is -0.000000202. The van der Waals surface area contributed by atoms with Gasteiger partial charge >= 0.3 is 50.0 Å². The van der Waals surface area contributed by atoms with Crippen LogP contribution in [0, 0.1) is 41.5 Å². The molecule has 0 amide bonds. The van der Waals surface area contributed by atoms with Crippen LogP contribution in [0.5, 0.6) is 0 Å². The standard InChI is InChI=1S/6C8H14N2.6FO2P/c6*1-3-4-6-10-7-5-9-8(10)2;6*1-4(2)3/h6*5,7H,3-4,6H2,1-2H3;;;;;;/p+6. The molecule has 6 rings (SSSR count). The Hall–Kier alpha value is -4.80. The van der Waals surface area contributed by atoms with Gasteiger partial charge in [-0.15, -0.1) is 29.4 Å². The van der Waals surface area contributed by atoms with Gasteiger partial charge in [0.05, 0.1) is 25.2 Å². The lowest BCUT2D eigenvalue weighted by atomic mass is 10.3. The maximum absolute atomic E-state index is 10.1. The lowest BCUT2D eigenvalue weighted by Gasteiger charge is -2.01. The molecular weight excluding hydrogens is 1240 g/mol. The van der Waals surface area contributed by atoms with E-state index in [4.69, 9.17) is 56.8 Å². The number of hydrogen-bond acceptors (Lipinski definition) is 12. The quantitative estimate of drug-likeness (QED) is 0.0344. The van der Waals surface area contributed by atoms with Crippen LogP contribution in [0.15, 0.2) is 74.4 Å². The van der Waals surface area contributed by atoms with Crippen LogP contribution in [0.3, 0.4) is 0 Å². The second kappa shape index (κ2) is 64.2. The summed E-state index contributed by atoms with van der Waals surface area (Å²) < 4.78 is 124. The minimum Gasteiger partial charge on any atom is -0.335 e. The van der Waals surface area contributed by atoms with Crippen LogP contribution < -0.4 is 0 Å². The summed E-state index contributed by atoms with van der Waals surface area (Å²) in [7, 11) is -20.2. The molecule has 0 aliphatic heterocycles. The zero-order chi connectivity index (χ0) is 65.8. The Labute approximate surface area is 496 Å². The molecule has 6 aromatic rings. The average Bonchev–Trinajstić information content (AvgIpc) is 4.30. The lowest BCUT2D eigenvalue weighted by molar-refractivity contribution is 0.458. The molecule has 0 fully saturated rings. The Bertz CT molecular complexity index is 2080. The topological polar surface area (TPSA) is 331 Å². The van der Waals surface area contributed by atoms with E-state index in [1.165, 1.54) is 77.0 Å². The van der Waals surface area contributed by atoms with Gasteiger partial charge in [0.15, 0.2) is 0 Å². The fourth-order valence-corrected chi connectivity index (χ4v) is 5.81. The minimum atomic E-state index is -3.37.